The van der Waals surface area contributed by atoms with Crippen LogP contribution in [0.25, 0.3) is 6.08 Å². The summed E-state index contributed by atoms with van der Waals surface area (Å²) in [5, 5.41) is 0. The molecule has 0 N–H and O–H groups in total. The van der Waals surface area contributed by atoms with Gasteiger partial charge in [0.1, 0.15) is 11.5 Å². The number of para-hydroxylation sites is 1. The number of benzene rings is 1. The summed E-state index contributed by atoms with van der Waals surface area (Å²) in [5.41, 5.74) is 1.03. The number of ether oxygens (including phenoxy) is 2. The number of hydrogen-bond donors (Lipinski definition) is 0. The van der Waals surface area contributed by atoms with Crippen LogP contribution in [-0.2, 0) is 9.53 Å². The van der Waals surface area contributed by atoms with E-state index in [0.717, 1.165) is 11.3 Å². The quantitative estimate of drug-likeness (QED) is 0.848. The highest BCUT2D eigenvalue weighted by Crippen LogP contribution is 2.28. The normalized spacial score (nSPS) is 20.8. The number of hydrogen-bond acceptors (Lipinski definition) is 3. The molecule has 0 bridgehead atoms. The van der Waals surface area contributed by atoms with Crippen molar-refractivity contribution in [2.24, 2.45) is 0 Å². The number of amides is 1. The first kappa shape index (κ1) is 12.8. The molecule has 0 radical (unpaired) electrons. The maximum absolute atomic E-state index is 12.0. The molecule has 2 aliphatic heterocycles. The molecular weight excluding hydrogens is 254 g/mol. The third-order valence-corrected chi connectivity index (χ3v) is 3.20. The third kappa shape index (κ3) is 2.41. The van der Waals surface area contributed by atoms with Gasteiger partial charge in [0, 0.05) is 11.6 Å². The summed E-state index contributed by atoms with van der Waals surface area (Å²) in [5.74, 6) is 1.42. The molecular formula is C16H17NO3. The molecule has 1 aromatic carbocycles. The molecule has 20 heavy (non-hydrogen) atoms. The Hall–Kier alpha value is -2.23. The molecule has 3 rings (SSSR count). The molecule has 104 valence electrons. The van der Waals surface area contributed by atoms with Crippen molar-refractivity contribution in [1.82, 2.24) is 4.90 Å². The Balaban J connectivity index is 1.73. The van der Waals surface area contributed by atoms with E-state index in [4.69, 9.17) is 9.47 Å². The van der Waals surface area contributed by atoms with Gasteiger partial charge in [0.15, 0.2) is 6.23 Å². The fourth-order valence-corrected chi connectivity index (χ4v) is 2.35. The zero-order valence-corrected chi connectivity index (χ0v) is 11.6. The Morgan fingerprint density at radius 2 is 2.15 bits per heavy atom. The topological polar surface area (TPSA) is 38.8 Å². The minimum absolute atomic E-state index is 0.0672. The molecule has 1 aromatic rings. The molecule has 0 aromatic heterocycles. The monoisotopic (exact) mass is 271 g/mol. The van der Waals surface area contributed by atoms with Gasteiger partial charge in [-0.2, -0.15) is 0 Å². The molecule has 1 atom stereocenters. The summed E-state index contributed by atoms with van der Waals surface area (Å²) in [6, 6.07) is 7.78. The number of nitrogens with zero attached hydrogens (tertiary/aromatic N) is 1. The lowest BCUT2D eigenvalue weighted by molar-refractivity contribution is -0.130. The molecule has 0 aliphatic carbocycles. The van der Waals surface area contributed by atoms with Crippen LogP contribution >= 0.6 is 0 Å². The van der Waals surface area contributed by atoms with Gasteiger partial charge in [-0.3, -0.25) is 9.69 Å². The molecule has 1 amide bonds. The van der Waals surface area contributed by atoms with Crippen molar-refractivity contribution in [3.05, 3.63) is 47.7 Å². The smallest absolute Gasteiger partial charge is 0.253 e. The van der Waals surface area contributed by atoms with E-state index in [0.29, 0.717) is 12.3 Å². The Labute approximate surface area is 118 Å². The molecule has 0 saturated carbocycles. The largest absolute Gasteiger partial charge is 0.493 e. The van der Waals surface area contributed by atoms with E-state index in [-0.39, 0.29) is 18.2 Å². The Morgan fingerprint density at radius 1 is 1.35 bits per heavy atom. The molecule has 0 fully saturated rings. The SMILES string of the molecule is CC(C)OC1=CC(=O)N(C2C=Cc3ccccc3O2)C1. The van der Waals surface area contributed by atoms with E-state index in [1.807, 2.05) is 50.3 Å². The number of carbonyl (C=O) groups is 1. The zero-order valence-electron chi connectivity index (χ0n) is 11.6. The minimum atomic E-state index is -0.373. The van der Waals surface area contributed by atoms with E-state index in [9.17, 15) is 4.79 Å². The minimum Gasteiger partial charge on any atom is -0.493 e. The second-order valence-corrected chi connectivity index (χ2v) is 5.15. The predicted molar refractivity (Wildman–Crippen MR) is 75.9 cm³/mol. The molecule has 2 heterocycles. The highest BCUT2D eigenvalue weighted by Gasteiger charge is 2.31. The van der Waals surface area contributed by atoms with Crippen molar-refractivity contribution in [3.63, 3.8) is 0 Å². The van der Waals surface area contributed by atoms with E-state index in [2.05, 4.69) is 0 Å². The Kier molecular flexibility index (Phi) is 3.22. The van der Waals surface area contributed by atoms with E-state index < -0.39 is 0 Å². The number of rotatable bonds is 3. The standard InChI is InChI=1S/C16H17NO3/c1-11(2)19-13-9-15(18)17(10-13)16-8-7-12-5-3-4-6-14(12)20-16/h3-9,11,16H,10H2,1-2H3. The number of fused-ring (bicyclic) bond motifs is 1. The van der Waals surface area contributed by atoms with Gasteiger partial charge in [-0.05, 0) is 32.1 Å². The lowest BCUT2D eigenvalue weighted by Gasteiger charge is -2.29. The summed E-state index contributed by atoms with van der Waals surface area (Å²) in [6.07, 6.45) is 5.11. The van der Waals surface area contributed by atoms with Gasteiger partial charge in [-0.15, -0.1) is 0 Å². The molecule has 2 aliphatic rings. The van der Waals surface area contributed by atoms with Crippen molar-refractivity contribution in [2.45, 2.75) is 26.2 Å². The molecule has 4 nitrogen and oxygen atoms in total. The van der Waals surface area contributed by atoms with Crippen LogP contribution in [0.15, 0.2) is 42.2 Å². The van der Waals surface area contributed by atoms with Crippen molar-refractivity contribution < 1.29 is 14.3 Å². The molecule has 0 spiro atoms. The fraction of sp³-hybridized carbons (Fsp3) is 0.312. The fourth-order valence-electron chi connectivity index (χ4n) is 2.35. The highest BCUT2D eigenvalue weighted by atomic mass is 16.5. The average Bonchev–Trinajstić information content (AvgIpc) is 2.78. The predicted octanol–water partition coefficient (Wildman–Crippen LogP) is 2.57. The molecule has 1 unspecified atom stereocenters. The van der Waals surface area contributed by atoms with E-state index >= 15 is 0 Å². The van der Waals surface area contributed by atoms with Crippen LogP contribution < -0.4 is 4.74 Å². The van der Waals surface area contributed by atoms with Gasteiger partial charge in [0.2, 0.25) is 0 Å². The Bertz CT molecular complexity index is 589. The summed E-state index contributed by atoms with van der Waals surface area (Å²) in [4.78, 5) is 13.7. The third-order valence-electron chi connectivity index (χ3n) is 3.20. The molecule has 4 heteroatoms. The maximum atomic E-state index is 12.0. The first-order chi connectivity index (χ1) is 9.63. The van der Waals surface area contributed by atoms with Gasteiger partial charge < -0.3 is 9.47 Å². The van der Waals surface area contributed by atoms with Crippen LogP contribution in [0.3, 0.4) is 0 Å². The van der Waals surface area contributed by atoms with Crippen LogP contribution in [0.2, 0.25) is 0 Å². The summed E-state index contributed by atoms with van der Waals surface area (Å²) in [7, 11) is 0. The summed E-state index contributed by atoms with van der Waals surface area (Å²) < 4.78 is 11.5. The van der Waals surface area contributed by atoms with Crippen molar-refractivity contribution in [3.8, 4) is 5.75 Å². The second kappa shape index (κ2) is 5.04. The molecule has 0 saturated heterocycles. The van der Waals surface area contributed by atoms with Crippen molar-refractivity contribution in [2.75, 3.05) is 6.54 Å². The van der Waals surface area contributed by atoms with Crippen molar-refractivity contribution >= 4 is 12.0 Å². The zero-order chi connectivity index (χ0) is 14.1. The van der Waals surface area contributed by atoms with E-state index in [1.54, 1.807) is 4.90 Å². The summed E-state index contributed by atoms with van der Waals surface area (Å²) in [6.45, 7) is 4.34. The van der Waals surface area contributed by atoms with Gasteiger partial charge in [-0.25, -0.2) is 0 Å². The van der Waals surface area contributed by atoms with Crippen LogP contribution in [-0.4, -0.2) is 29.7 Å². The first-order valence-corrected chi connectivity index (χ1v) is 6.75. The Morgan fingerprint density at radius 3 is 2.95 bits per heavy atom. The van der Waals surface area contributed by atoms with Crippen LogP contribution in [0.5, 0.6) is 5.75 Å². The van der Waals surface area contributed by atoms with E-state index in [1.165, 1.54) is 6.08 Å². The lowest BCUT2D eigenvalue weighted by Crippen LogP contribution is -2.40. The second-order valence-electron chi connectivity index (χ2n) is 5.15. The van der Waals surface area contributed by atoms with Crippen molar-refractivity contribution in [1.29, 1.82) is 0 Å². The van der Waals surface area contributed by atoms with Crippen LogP contribution in [0, 0.1) is 0 Å². The maximum Gasteiger partial charge on any atom is 0.253 e. The van der Waals surface area contributed by atoms with Crippen LogP contribution in [0.1, 0.15) is 19.4 Å². The van der Waals surface area contributed by atoms with Gasteiger partial charge in [0.25, 0.3) is 5.91 Å². The summed E-state index contributed by atoms with van der Waals surface area (Å²) >= 11 is 0. The van der Waals surface area contributed by atoms with Gasteiger partial charge >= 0.3 is 0 Å². The lowest BCUT2D eigenvalue weighted by atomic mass is 10.1. The highest BCUT2D eigenvalue weighted by molar-refractivity contribution is 5.91. The number of carbonyl (C=O) groups excluding carboxylic acids is 1. The first-order valence-electron chi connectivity index (χ1n) is 6.75. The van der Waals surface area contributed by atoms with Gasteiger partial charge in [-0.1, -0.05) is 18.2 Å². The van der Waals surface area contributed by atoms with Crippen LogP contribution in [0.4, 0.5) is 0 Å². The van der Waals surface area contributed by atoms with Gasteiger partial charge in [0.05, 0.1) is 12.6 Å². The average molecular weight is 271 g/mol.